The van der Waals surface area contributed by atoms with Crippen LogP contribution in [0.5, 0.6) is 5.75 Å². The predicted octanol–water partition coefficient (Wildman–Crippen LogP) is 5.09. The number of ether oxygens (including phenoxy) is 1. The van der Waals surface area contributed by atoms with Crippen LogP contribution in [0.4, 0.5) is 10.6 Å². The smallest absolute Gasteiger partial charge is 0.410 e. The van der Waals surface area contributed by atoms with Crippen molar-refractivity contribution < 1.29 is 9.53 Å². The first-order valence-corrected chi connectivity index (χ1v) is 8.55. The van der Waals surface area contributed by atoms with Crippen LogP contribution in [0.2, 0.25) is 0 Å². The number of para-hydroxylation sites is 2. The molecule has 134 valence electrons. The van der Waals surface area contributed by atoms with E-state index in [9.17, 15) is 4.79 Å². The van der Waals surface area contributed by atoms with Crippen molar-refractivity contribution in [1.82, 2.24) is 9.78 Å². The standard InChI is InChI=1S/C21H23N3O2/c1-15-10-8-9-13-17(15)24-19(14-18(23-24)21(2,3)4)22-20(25)26-16-11-6-5-7-12-16/h5-14H,1-4H3,(H,22,25). The van der Waals surface area contributed by atoms with Gasteiger partial charge in [-0.3, -0.25) is 5.32 Å². The lowest BCUT2D eigenvalue weighted by molar-refractivity contribution is 0.215. The summed E-state index contributed by atoms with van der Waals surface area (Å²) < 4.78 is 7.10. The second-order valence-corrected chi connectivity index (χ2v) is 7.19. The highest BCUT2D eigenvalue weighted by Crippen LogP contribution is 2.27. The number of aromatic nitrogens is 2. The summed E-state index contributed by atoms with van der Waals surface area (Å²) in [6.07, 6.45) is -0.550. The van der Waals surface area contributed by atoms with Gasteiger partial charge in [-0.1, -0.05) is 57.2 Å². The molecule has 1 N–H and O–H groups in total. The van der Waals surface area contributed by atoms with Gasteiger partial charge in [-0.15, -0.1) is 0 Å². The lowest BCUT2D eigenvalue weighted by atomic mass is 9.92. The highest BCUT2D eigenvalue weighted by molar-refractivity contribution is 5.85. The summed E-state index contributed by atoms with van der Waals surface area (Å²) in [7, 11) is 0. The number of nitrogens with one attached hydrogen (secondary N) is 1. The van der Waals surface area contributed by atoms with Crippen molar-refractivity contribution in [1.29, 1.82) is 0 Å². The Morgan fingerprint density at radius 3 is 2.35 bits per heavy atom. The topological polar surface area (TPSA) is 56.2 Å². The zero-order chi connectivity index (χ0) is 18.7. The third-order valence-corrected chi connectivity index (χ3v) is 4.01. The van der Waals surface area contributed by atoms with Crippen LogP contribution in [0, 0.1) is 6.92 Å². The van der Waals surface area contributed by atoms with Crippen molar-refractivity contribution in [2.24, 2.45) is 0 Å². The first kappa shape index (κ1) is 17.7. The summed E-state index contributed by atoms with van der Waals surface area (Å²) in [6, 6.07) is 18.8. The molecule has 0 fully saturated rings. The second-order valence-electron chi connectivity index (χ2n) is 7.19. The molecule has 0 bridgehead atoms. The van der Waals surface area contributed by atoms with E-state index < -0.39 is 6.09 Å². The number of carbonyl (C=O) groups excluding carboxylic acids is 1. The lowest BCUT2D eigenvalue weighted by Crippen LogP contribution is -2.19. The number of hydrogen-bond donors (Lipinski definition) is 1. The van der Waals surface area contributed by atoms with Gasteiger partial charge >= 0.3 is 6.09 Å². The molecule has 5 nitrogen and oxygen atoms in total. The molecule has 0 aliphatic heterocycles. The van der Waals surface area contributed by atoms with Gasteiger partial charge in [0.25, 0.3) is 0 Å². The maximum atomic E-state index is 12.3. The Kier molecular flexibility index (Phi) is 4.80. The second kappa shape index (κ2) is 7.04. The third-order valence-electron chi connectivity index (χ3n) is 4.01. The molecule has 3 aromatic rings. The molecule has 1 amide bonds. The maximum Gasteiger partial charge on any atom is 0.418 e. The van der Waals surface area contributed by atoms with Crippen molar-refractivity contribution in [2.75, 3.05) is 5.32 Å². The van der Waals surface area contributed by atoms with Crippen LogP contribution >= 0.6 is 0 Å². The minimum atomic E-state index is -0.550. The summed E-state index contributed by atoms with van der Waals surface area (Å²) in [5, 5.41) is 7.54. The van der Waals surface area contributed by atoms with Crippen LogP contribution in [0.1, 0.15) is 32.0 Å². The van der Waals surface area contributed by atoms with Gasteiger partial charge in [0.15, 0.2) is 0 Å². The Hall–Kier alpha value is -3.08. The Morgan fingerprint density at radius 1 is 1.04 bits per heavy atom. The number of anilines is 1. The largest absolute Gasteiger partial charge is 0.418 e. The summed E-state index contributed by atoms with van der Waals surface area (Å²) in [4.78, 5) is 12.3. The van der Waals surface area contributed by atoms with Crippen LogP contribution in [0.3, 0.4) is 0 Å². The normalized spacial score (nSPS) is 11.2. The molecule has 3 rings (SSSR count). The molecule has 0 spiro atoms. The minimum absolute atomic E-state index is 0.145. The van der Waals surface area contributed by atoms with Crippen molar-refractivity contribution in [3.05, 3.63) is 71.9 Å². The zero-order valence-electron chi connectivity index (χ0n) is 15.5. The summed E-state index contributed by atoms with van der Waals surface area (Å²) in [5.74, 6) is 1.06. The third kappa shape index (κ3) is 3.94. The molecule has 1 aromatic heterocycles. The average molecular weight is 349 g/mol. The van der Waals surface area contributed by atoms with E-state index in [0.717, 1.165) is 16.9 Å². The molecular formula is C21H23N3O2. The number of amides is 1. The number of carbonyl (C=O) groups is 1. The van der Waals surface area contributed by atoms with E-state index in [4.69, 9.17) is 9.84 Å². The molecule has 26 heavy (non-hydrogen) atoms. The lowest BCUT2D eigenvalue weighted by Gasteiger charge is -2.14. The summed E-state index contributed by atoms with van der Waals surface area (Å²) >= 11 is 0. The molecule has 1 heterocycles. The number of hydrogen-bond acceptors (Lipinski definition) is 3. The van der Waals surface area contributed by atoms with Gasteiger partial charge in [0, 0.05) is 11.5 Å². The zero-order valence-corrected chi connectivity index (χ0v) is 15.5. The molecule has 2 aromatic carbocycles. The summed E-state index contributed by atoms with van der Waals surface area (Å²) in [6.45, 7) is 8.27. The molecule has 5 heteroatoms. The minimum Gasteiger partial charge on any atom is -0.410 e. The average Bonchev–Trinajstić information content (AvgIpc) is 3.00. The van der Waals surface area contributed by atoms with E-state index in [1.165, 1.54) is 0 Å². The van der Waals surface area contributed by atoms with E-state index >= 15 is 0 Å². The van der Waals surface area contributed by atoms with E-state index in [0.29, 0.717) is 11.6 Å². The van der Waals surface area contributed by atoms with Gasteiger partial charge in [-0.05, 0) is 30.7 Å². The first-order chi connectivity index (χ1) is 12.3. The molecule has 0 saturated heterocycles. The van der Waals surface area contributed by atoms with Crippen molar-refractivity contribution in [3.63, 3.8) is 0 Å². The van der Waals surface area contributed by atoms with Gasteiger partial charge in [-0.2, -0.15) is 5.10 Å². The van der Waals surface area contributed by atoms with Crippen LogP contribution < -0.4 is 10.1 Å². The van der Waals surface area contributed by atoms with Crippen LogP contribution in [0.15, 0.2) is 60.7 Å². The molecule has 0 unspecified atom stereocenters. The summed E-state index contributed by atoms with van der Waals surface area (Å²) in [5.41, 5.74) is 2.72. The van der Waals surface area contributed by atoms with Crippen LogP contribution in [0.25, 0.3) is 5.69 Å². The quantitative estimate of drug-likeness (QED) is 0.716. The van der Waals surface area contributed by atoms with Crippen molar-refractivity contribution in [2.45, 2.75) is 33.1 Å². The monoisotopic (exact) mass is 349 g/mol. The van der Waals surface area contributed by atoms with Crippen molar-refractivity contribution >= 4 is 11.9 Å². The molecule has 0 atom stereocenters. The van der Waals surface area contributed by atoms with Crippen molar-refractivity contribution in [3.8, 4) is 11.4 Å². The fraction of sp³-hybridized carbons (Fsp3) is 0.238. The van der Waals surface area contributed by atoms with Crippen LogP contribution in [-0.2, 0) is 5.41 Å². The highest BCUT2D eigenvalue weighted by Gasteiger charge is 2.22. The van der Waals surface area contributed by atoms with Gasteiger partial charge in [-0.25, -0.2) is 9.48 Å². The Balaban J connectivity index is 1.94. The highest BCUT2D eigenvalue weighted by atomic mass is 16.6. The van der Waals surface area contributed by atoms with Gasteiger partial charge < -0.3 is 4.74 Å². The van der Waals surface area contributed by atoms with E-state index in [-0.39, 0.29) is 5.41 Å². The molecule has 0 aliphatic carbocycles. The van der Waals surface area contributed by atoms with Gasteiger partial charge in [0.1, 0.15) is 11.6 Å². The molecule has 0 saturated carbocycles. The molecular weight excluding hydrogens is 326 g/mol. The number of rotatable bonds is 3. The molecule has 0 radical (unpaired) electrons. The molecule has 0 aliphatic rings. The Labute approximate surface area is 153 Å². The van der Waals surface area contributed by atoms with E-state index in [2.05, 4.69) is 26.1 Å². The predicted molar refractivity (Wildman–Crippen MR) is 103 cm³/mol. The number of nitrogens with zero attached hydrogens (tertiary/aromatic N) is 2. The maximum absolute atomic E-state index is 12.3. The SMILES string of the molecule is Cc1ccccc1-n1nc(C(C)(C)C)cc1NC(=O)Oc1ccccc1. The van der Waals surface area contributed by atoms with E-state index in [1.807, 2.05) is 55.5 Å². The number of aryl methyl sites for hydroxylation is 1. The fourth-order valence-corrected chi connectivity index (χ4v) is 2.55. The number of benzene rings is 2. The fourth-order valence-electron chi connectivity index (χ4n) is 2.55. The van der Waals surface area contributed by atoms with E-state index in [1.54, 1.807) is 16.8 Å². The first-order valence-electron chi connectivity index (χ1n) is 8.55. The van der Waals surface area contributed by atoms with Crippen LogP contribution in [-0.4, -0.2) is 15.9 Å². The van der Waals surface area contributed by atoms with Gasteiger partial charge in [0.2, 0.25) is 0 Å². The van der Waals surface area contributed by atoms with Gasteiger partial charge in [0.05, 0.1) is 11.4 Å². The Morgan fingerprint density at radius 2 is 1.69 bits per heavy atom. The Bertz CT molecular complexity index is 909.